The summed E-state index contributed by atoms with van der Waals surface area (Å²) in [5.41, 5.74) is 1.39. The van der Waals surface area contributed by atoms with E-state index in [1.54, 1.807) is 16.7 Å². The van der Waals surface area contributed by atoms with Gasteiger partial charge in [0.15, 0.2) is 5.03 Å². The number of nitrogens with one attached hydrogen (secondary N) is 1. The van der Waals surface area contributed by atoms with Crippen molar-refractivity contribution in [1.29, 1.82) is 0 Å². The third-order valence-electron chi connectivity index (χ3n) is 2.68. The maximum Gasteiger partial charge on any atom is 0.280 e. The lowest BCUT2D eigenvalue weighted by molar-refractivity contribution is 0.598. The molecule has 102 valence electrons. The maximum absolute atomic E-state index is 12.2. The van der Waals surface area contributed by atoms with E-state index in [9.17, 15) is 8.42 Å². The molecule has 1 N–H and O–H groups in total. The van der Waals surface area contributed by atoms with Gasteiger partial charge in [0.05, 0.1) is 12.0 Å². The number of aromatic nitrogens is 2. The van der Waals surface area contributed by atoms with Crippen LogP contribution >= 0.6 is 15.9 Å². The van der Waals surface area contributed by atoms with Crippen molar-refractivity contribution in [2.45, 2.75) is 25.4 Å². The molecule has 0 unspecified atom stereocenters. The zero-order chi connectivity index (χ0) is 14.0. The molecular formula is C12H14BrN3O2S. The molecule has 7 heteroatoms. The van der Waals surface area contributed by atoms with Gasteiger partial charge in [-0.2, -0.15) is 8.42 Å². The lowest BCUT2D eigenvalue weighted by Crippen LogP contribution is -2.14. The van der Waals surface area contributed by atoms with Crippen molar-refractivity contribution in [3.05, 3.63) is 40.8 Å². The summed E-state index contributed by atoms with van der Waals surface area (Å²) in [7, 11) is -3.64. The van der Waals surface area contributed by atoms with Crippen molar-refractivity contribution in [2.24, 2.45) is 0 Å². The number of hydrogen-bond donors (Lipinski definition) is 1. The van der Waals surface area contributed by atoms with Crippen molar-refractivity contribution in [2.75, 3.05) is 4.72 Å². The second kappa shape index (κ2) is 5.34. The first-order chi connectivity index (χ1) is 8.92. The minimum atomic E-state index is -3.64. The van der Waals surface area contributed by atoms with E-state index in [2.05, 4.69) is 25.6 Å². The summed E-state index contributed by atoms with van der Waals surface area (Å²) in [5.74, 6) is 0. The molecule has 0 atom stereocenters. The molecule has 0 aliphatic rings. The Morgan fingerprint density at radius 2 is 2.16 bits per heavy atom. The van der Waals surface area contributed by atoms with Crippen molar-refractivity contribution >= 4 is 31.6 Å². The van der Waals surface area contributed by atoms with Crippen LogP contribution in [0.1, 0.15) is 12.5 Å². The number of halogens is 1. The van der Waals surface area contributed by atoms with Gasteiger partial charge in [-0.3, -0.25) is 4.72 Å². The second-order valence-electron chi connectivity index (χ2n) is 4.11. The monoisotopic (exact) mass is 343 g/mol. The smallest absolute Gasteiger partial charge is 0.280 e. The third kappa shape index (κ3) is 3.16. The van der Waals surface area contributed by atoms with Gasteiger partial charge in [0.2, 0.25) is 0 Å². The van der Waals surface area contributed by atoms with Crippen LogP contribution in [-0.2, 0) is 16.6 Å². The highest BCUT2D eigenvalue weighted by Gasteiger charge is 2.18. The summed E-state index contributed by atoms with van der Waals surface area (Å²) in [6.45, 7) is 4.44. The molecule has 2 rings (SSSR count). The van der Waals surface area contributed by atoms with Gasteiger partial charge in [-0.1, -0.05) is 15.9 Å². The van der Waals surface area contributed by atoms with Crippen LogP contribution in [0.25, 0.3) is 0 Å². The number of benzene rings is 1. The molecule has 2 aromatic rings. The summed E-state index contributed by atoms with van der Waals surface area (Å²) in [5, 5.41) is 0.0247. The normalized spacial score (nSPS) is 11.5. The third-order valence-corrected chi connectivity index (χ3v) is 4.43. The molecule has 1 aromatic heterocycles. The van der Waals surface area contributed by atoms with Gasteiger partial charge in [-0.15, -0.1) is 0 Å². The van der Waals surface area contributed by atoms with Crippen LogP contribution in [-0.4, -0.2) is 18.0 Å². The highest BCUT2D eigenvalue weighted by atomic mass is 79.9. The Balaban J connectivity index is 2.30. The molecule has 0 saturated carbocycles. The van der Waals surface area contributed by atoms with Crippen molar-refractivity contribution < 1.29 is 8.42 Å². The summed E-state index contributed by atoms with van der Waals surface area (Å²) in [4.78, 5) is 3.91. The predicted octanol–water partition coefficient (Wildman–Crippen LogP) is 2.77. The Morgan fingerprint density at radius 1 is 1.42 bits per heavy atom. The second-order valence-corrected chi connectivity index (χ2v) is 6.65. The Bertz CT molecular complexity index is 695. The summed E-state index contributed by atoms with van der Waals surface area (Å²) in [6.07, 6.45) is 3.01. The van der Waals surface area contributed by atoms with Crippen LogP contribution in [0.5, 0.6) is 0 Å². The first-order valence-electron chi connectivity index (χ1n) is 5.73. The molecule has 0 aliphatic heterocycles. The van der Waals surface area contributed by atoms with Crippen LogP contribution < -0.4 is 4.72 Å². The summed E-state index contributed by atoms with van der Waals surface area (Å²) >= 11 is 3.34. The molecule has 0 aliphatic carbocycles. The predicted molar refractivity (Wildman–Crippen MR) is 77.6 cm³/mol. The minimum absolute atomic E-state index is 0.0247. The molecule has 0 spiro atoms. The van der Waals surface area contributed by atoms with Crippen LogP contribution in [0, 0.1) is 6.92 Å². The highest BCUT2D eigenvalue weighted by Crippen LogP contribution is 2.22. The molecule has 0 fully saturated rings. The van der Waals surface area contributed by atoms with Crippen molar-refractivity contribution in [1.82, 2.24) is 9.55 Å². The molecular weight excluding hydrogens is 330 g/mol. The van der Waals surface area contributed by atoms with E-state index in [-0.39, 0.29) is 5.03 Å². The Morgan fingerprint density at radius 3 is 2.74 bits per heavy atom. The van der Waals surface area contributed by atoms with Crippen LogP contribution in [0.2, 0.25) is 0 Å². The van der Waals surface area contributed by atoms with Crippen molar-refractivity contribution in [3.63, 3.8) is 0 Å². The lowest BCUT2D eigenvalue weighted by atomic mass is 10.2. The highest BCUT2D eigenvalue weighted by molar-refractivity contribution is 9.10. The van der Waals surface area contributed by atoms with E-state index in [4.69, 9.17) is 0 Å². The summed E-state index contributed by atoms with van der Waals surface area (Å²) in [6, 6.07) is 5.35. The van der Waals surface area contributed by atoms with Crippen LogP contribution in [0.3, 0.4) is 0 Å². The fourth-order valence-corrected chi connectivity index (χ4v) is 3.15. The largest absolute Gasteiger partial charge is 0.336 e. The Hall–Kier alpha value is -1.34. The number of anilines is 1. The van der Waals surface area contributed by atoms with E-state index in [0.717, 1.165) is 10.0 Å². The van der Waals surface area contributed by atoms with Gasteiger partial charge in [0.25, 0.3) is 10.0 Å². The topological polar surface area (TPSA) is 64.0 Å². The molecule has 0 bridgehead atoms. The van der Waals surface area contributed by atoms with Crippen molar-refractivity contribution in [3.8, 4) is 0 Å². The average Bonchev–Trinajstić information content (AvgIpc) is 2.82. The molecule has 0 amide bonds. The van der Waals surface area contributed by atoms with Crippen LogP contribution in [0.15, 0.2) is 40.2 Å². The first kappa shape index (κ1) is 14.1. The SMILES string of the molecule is CCn1cnc(S(=O)(=O)Nc2ccc(Br)cc2C)c1. The Labute approximate surface area is 120 Å². The van der Waals surface area contributed by atoms with E-state index < -0.39 is 10.0 Å². The zero-order valence-corrected chi connectivity index (χ0v) is 13.0. The van der Waals surface area contributed by atoms with Gasteiger partial charge >= 0.3 is 0 Å². The fraction of sp³-hybridized carbons (Fsp3) is 0.250. The van der Waals surface area contributed by atoms with E-state index >= 15 is 0 Å². The van der Waals surface area contributed by atoms with Gasteiger partial charge < -0.3 is 4.57 Å². The van der Waals surface area contributed by atoms with E-state index in [1.807, 2.05) is 19.9 Å². The number of imidazole rings is 1. The molecule has 1 heterocycles. The molecule has 5 nitrogen and oxygen atoms in total. The number of aryl methyl sites for hydroxylation is 2. The first-order valence-corrected chi connectivity index (χ1v) is 8.00. The average molecular weight is 344 g/mol. The molecule has 0 radical (unpaired) electrons. The maximum atomic E-state index is 12.2. The fourth-order valence-electron chi connectivity index (χ4n) is 1.59. The summed E-state index contributed by atoms with van der Waals surface area (Å²) < 4.78 is 29.5. The number of rotatable bonds is 4. The van der Waals surface area contributed by atoms with Crippen LogP contribution in [0.4, 0.5) is 5.69 Å². The minimum Gasteiger partial charge on any atom is -0.336 e. The molecule has 19 heavy (non-hydrogen) atoms. The van der Waals surface area contributed by atoms with Gasteiger partial charge in [-0.25, -0.2) is 4.98 Å². The number of hydrogen-bond acceptors (Lipinski definition) is 3. The molecule has 0 saturated heterocycles. The number of sulfonamides is 1. The Kier molecular flexibility index (Phi) is 3.96. The van der Waals surface area contributed by atoms with Gasteiger partial charge in [0, 0.05) is 17.2 Å². The number of nitrogens with zero attached hydrogens (tertiary/aromatic N) is 2. The quantitative estimate of drug-likeness (QED) is 0.928. The van der Waals surface area contributed by atoms with E-state index in [0.29, 0.717) is 12.2 Å². The standard InChI is InChI=1S/C12H14BrN3O2S/c1-3-16-7-12(14-8-16)19(17,18)15-11-5-4-10(13)6-9(11)2/h4-8,15H,3H2,1-2H3. The lowest BCUT2D eigenvalue weighted by Gasteiger charge is -2.09. The zero-order valence-electron chi connectivity index (χ0n) is 10.6. The molecule has 1 aromatic carbocycles. The van der Waals surface area contributed by atoms with E-state index in [1.165, 1.54) is 12.5 Å². The van der Waals surface area contributed by atoms with Gasteiger partial charge in [-0.05, 0) is 37.6 Å². The van der Waals surface area contributed by atoms with Gasteiger partial charge in [0.1, 0.15) is 0 Å².